The smallest absolute Gasteiger partial charge is 0.240 e. The minimum atomic E-state index is -0.361. The Hall–Kier alpha value is -3.69. The predicted octanol–water partition coefficient (Wildman–Crippen LogP) is 5.91. The number of fused-ring (bicyclic) bond motifs is 1. The molecule has 8 nitrogen and oxygen atoms in total. The monoisotopic (exact) mass is 578 g/mol. The van der Waals surface area contributed by atoms with Gasteiger partial charge in [0.1, 0.15) is 23.9 Å². The number of nitrogens with zero attached hydrogens (tertiary/aromatic N) is 3. The van der Waals surface area contributed by atoms with Gasteiger partial charge in [0.2, 0.25) is 11.8 Å². The minimum Gasteiger partial charge on any atom is -0.497 e. The van der Waals surface area contributed by atoms with Gasteiger partial charge in [0.25, 0.3) is 0 Å². The Labute approximate surface area is 242 Å². The summed E-state index contributed by atoms with van der Waals surface area (Å²) in [6.07, 6.45) is 1.56. The number of aromatic nitrogens is 2. The number of furan rings is 1. The second-order valence-corrected chi connectivity index (χ2v) is 12.1. The zero-order valence-electron chi connectivity index (χ0n) is 22.8. The summed E-state index contributed by atoms with van der Waals surface area (Å²) >= 11 is 7.93. The molecule has 2 amide bonds. The Bertz CT molecular complexity index is 1510. The lowest BCUT2D eigenvalue weighted by molar-refractivity contribution is -0.123. The van der Waals surface area contributed by atoms with E-state index in [-0.39, 0.29) is 41.3 Å². The molecule has 2 aromatic heterocycles. The van der Waals surface area contributed by atoms with Gasteiger partial charge >= 0.3 is 0 Å². The lowest BCUT2D eigenvalue weighted by Gasteiger charge is -2.24. The van der Waals surface area contributed by atoms with Crippen LogP contribution in [0.3, 0.4) is 0 Å². The molecule has 1 aliphatic heterocycles. The summed E-state index contributed by atoms with van der Waals surface area (Å²) in [5.74, 6) is 1.61. The molecule has 0 saturated heterocycles. The van der Waals surface area contributed by atoms with Crippen LogP contribution >= 0.6 is 23.4 Å². The molecule has 0 aliphatic carbocycles. The highest BCUT2D eigenvalue weighted by molar-refractivity contribution is 8.00. The van der Waals surface area contributed by atoms with Crippen molar-refractivity contribution in [1.29, 1.82) is 0 Å². The van der Waals surface area contributed by atoms with Crippen LogP contribution in [-0.2, 0) is 21.5 Å². The fourth-order valence-electron chi connectivity index (χ4n) is 4.71. The first kappa shape index (κ1) is 27.9. The Morgan fingerprint density at radius 3 is 2.60 bits per heavy atom. The molecular formula is C30H31ClN4O4S. The van der Waals surface area contributed by atoms with E-state index >= 15 is 0 Å². The van der Waals surface area contributed by atoms with E-state index in [0.29, 0.717) is 22.4 Å². The SMILES string of the molecule is COc1ccc(-n2nc(C(C)(C)C)c3c2N(CC(=O)NCc2ccco2)C(=O)CSC3c2cccc(Cl)c2)cc1. The highest BCUT2D eigenvalue weighted by atomic mass is 35.5. The molecule has 0 bridgehead atoms. The fourth-order valence-corrected chi connectivity index (χ4v) is 6.09. The third-order valence-corrected chi connectivity index (χ3v) is 8.10. The van der Waals surface area contributed by atoms with Crippen LogP contribution in [-0.4, -0.2) is 41.0 Å². The van der Waals surface area contributed by atoms with Crippen molar-refractivity contribution in [2.24, 2.45) is 0 Å². The van der Waals surface area contributed by atoms with Gasteiger partial charge in [-0.3, -0.25) is 14.5 Å². The predicted molar refractivity (Wildman–Crippen MR) is 157 cm³/mol. The molecule has 0 fully saturated rings. The van der Waals surface area contributed by atoms with Gasteiger partial charge in [0.15, 0.2) is 0 Å². The average Bonchev–Trinajstić information content (AvgIpc) is 3.56. The zero-order valence-corrected chi connectivity index (χ0v) is 24.4. The van der Waals surface area contributed by atoms with Crippen LogP contribution in [0, 0.1) is 0 Å². The van der Waals surface area contributed by atoms with E-state index in [2.05, 4.69) is 26.1 Å². The third kappa shape index (κ3) is 5.76. The minimum absolute atomic E-state index is 0.166. The summed E-state index contributed by atoms with van der Waals surface area (Å²) in [6.45, 7) is 6.36. The van der Waals surface area contributed by atoms with Crippen LogP contribution in [0.1, 0.15) is 48.6 Å². The van der Waals surface area contributed by atoms with Crippen LogP contribution in [0.25, 0.3) is 5.69 Å². The largest absolute Gasteiger partial charge is 0.497 e. The van der Waals surface area contributed by atoms with Crippen molar-refractivity contribution in [3.05, 3.63) is 94.5 Å². The molecule has 1 atom stereocenters. The fraction of sp³-hybridized carbons (Fsp3) is 0.300. The maximum Gasteiger partial charge on any atom is 0.240 e. The summed E-state index contributed by atoms with van der Waals surface area (Å²) < 4.78 is 12.5. The lowest BCUT2D eigenvalue weighted by atomic mass is 9.87. The quantitative estimate of drug-likeness (QED) is 0.293. The van der Waals surface area contributed by atoms with E-state index < -0.39 is 0 Å². The molecule has 0 spiro atoms. The van der Waals surface area contributed by atoms with Gasteiger partial charge in [0, 0.05) is 16.0 Å². The number of rotatable bonds is 7. The zero-order chi connectivity index (χ0) is 28.4. The molecule has 1 aliphatic rings. The molecule has 40 heavy (non-hydrogen) atoms. The van der Waals surface area contributed by atoms with Crippen molar-refractivity contribution in [1.82, 2.24) is 15.1 Å². The first-order valence-electron chi connectivity index (χ1n) is 12.9. The van der Waals surface area contributed by atoms with Crippen molar-refractivity contribution in [2.75, 3.05) is 24.3 Å². The summed E-state index contributed by atoms with van der Waals surface area (Å²) in [4.78, 5) is 28.5. The molecule has 4 aromatic rings. The van der Waals surface area contributed by atoms with Crippen molar-refractivity contribution < 1.29 is 18.7 Å². The van der Waals surface area contributed by atoms with Gasteiger partial charge in [-0.25, -0.2) is 4.68 Å². The van der Waals surface area contributed by atoms with Crippen LogP contribution in [0.15, 0.2) is 71.3 Å². The molecule has 1 unspecified atom stereocenters. The van der Waals surface area contributed by atoms with Gasteiger partial charge in [-0.1, -0.05) is 44.5 Å². The molecule has 10 heteroatoms. The van der Waals surface area contributed by atoms with Crippen LogP contribution in [0.2, 0.25) is 5.02 Å². The second kappa shape index (κ2) is 11.4. The standard InChI is InChI=1S/C30H31ClN4O4S/c1-30(2,3)28-26-27(19-7-5-8-20(31)15-19)40-18-25(37)34(17-24(36)32-16-23-9-6-14-39-23)29(26)35(33-28)21-10-12-22(38-4)13-11-21/h5-15,27H,16-18H2,1-4H3,(H,32,36). The summed E-state index contributed by atoms with van der Waals surface area (Å²) in [5, 5.41) is 8.35. The number of halogens is 1. The van der Waals surface area contributed by atoms with E-state index in [1.165, 1.54) is 11.8 Å². The number of hydrogen-bond acceptors (Lipinski definition) is 6. The molecule has 3 heterocycles. The first-order valence-corrected chi connectivity index (χ1v) is 14.3. The van der Waals surface area contributed by atoms with E-state index in [0.717, 1.165) is 22.5 Å². The number of carbonyl (C=O) groups is 2. The summed E-state index contributed by atoms with van der Waals surface area (Å²) in [6, 6.07) is 18.7. The molecule has 1 N–H and O–H groups in total. The maximum absolute atomic E-state index is 13.8. The Kier molecular flexibility index (Phi) is 7.96. The summed E-state index contributed by atoms with van der Waals surface area (Å²) in [5.41, 5.74) is 3.08. The van der Waals surface area contributed by atoms with Gasteiger partial charge in [-0.15, -0.1) is 11.8 Å². The molecule has 208 valence electrons. The Balaban J connectivity index is 1.67. The number of methoxy groups -OCH3 is 1. The van der Waals surface area contributed by atoms with Crippen molar-refractivity contribution in [3.8, 4) is 11.4 Å². The Morgan fingerprint density at radius 2 is 1.95 bits per heavy atom. The van der Waals surface area contributed by atoms with E-state index in [1.807, 2.05) is 48.5 Å². The number of ether oxygens (including phenoxy) is 1. The second-order valence-electron chi connectivity index (χ2n) is 10.5. The van der Waals surface area contributed by atoms with Gasteiger partial charge in [0.05, 0.1) is 42.3 Å². The maximum atomic E-state index is 13.8. The number of anilines is 1. The summed E-state index contributed by atoms with van der Waals surface area (Å²) in [7, 11) is 1.61. The number of nitrogens with one attached hydrogen (secondary N) is 1. The third-order valence-electron chi connectivity index (χ3n) is 6.61. The van der Waals surface area contributed by atoms with Crippen molar-refractivity contribution >= 4 is 41.0 Å². The van der Waals surface area contributed by atoms with Gasteiger partial charge in [-0.05, 0) is 54.1 Å². The average molecular weight is 579 g/mol. The molecule has 0 saturated carbocycles. The van der Waals surface area contributed by atoms with Crippen molar-refractivity contribution in [2.45, 2.75) is 38.0 Å². The Morgan fingerprint density at radius 1 is 1.18 bits per heavy atom. The van der Waals surface area contributed by atoms with Gasteiger partial charge < -0.3 is 14.5 Å². The topological polar surface area (TPSA) is 89.6 Å². The number of carbonyl (C=O) groups excluding carboxylic acids is 2. The van der Waals surface area contributed by atoms with Crippen molar-refractivity contribution in [3.63, 3.8) is 0 Å². The van der Waals surface area contributed by atoms with E-state index in [9.17, 15) is 9.59 Å². The molecule has 0 radical (unpaired) electrons. The highest BCUT2D eigenvalue weighted by Gasteiger charge is 2.40. The number of amides is 2. The number of thioether (sulfide) groups is 1. The normalized spacial score (nSPS) is 15.5. The lowest BCUT2D eigenvalue weighted by Crippen LogP contribution is -2.42. The van der Waals surface area contributed by atoms with E-state index in [4.69, 9.17) is 25.9 Å². The molecular weight excluding hydrogens is 548 g/mol. The number of benzene rings is 2. The number of hydrogen-bond donors (Lipinski definition) is 1. The molecule has 5 rings (SSSR count). The molecule has 2 aromatic carbocycles. The van der Waals surface area contributed by atoms with Gasteiger partial charge in [-0.2, -0.15) is 5.10 Å². The van der Waals surface area contributed by atoms with E-state index in [1.54, 1.807) is 35.1 Å². The first-order chi connectivity index (χ1) is 19.2. The van der Waals surface area contributed by atoms with Crippen LogP contribution in [0.5, 0.6) is 5.75 Å². The van der Waals surface area contributed by atoms with Crippen LogP contribution < -0.4 is 15.0 Å². The van der Waals surface area contributed by atoms with Crippen LogP contribution in [0.4, 0.5) is 5.82 Å². The highest BCUT2D eigenvalue weighted by Crippen LogP contribution is 2.48.